The third-order valence-corrected chi connectivity index (χ3v) is 3.71. The van der Waals surface area contributed by atoms with Crippen molar-refractivity contribution in [1.82, 2.24) is 4.90 Å². The first-order chi connectivity index (χ1) is 9.08. The smallest absolute Gasteiger partial charge is 0.227 e. The van der Waals surface area contributed by atoms with E-state index in [0.29, 0.717) is 36.2 Å². The Hall–Kier alpha value is -0.290. The molecule has 1 rings (SSSR count). The number of carbonyl (C=O) groups is 1. The molecule has 0 aliphatic rings. The highest BCUT2D eigenvalue weighted by Crippen LogP contribution is 2.23. The van der Waals surface area contributed by atoms with E-state index < -0.39 is 0 Å². The zero-order valence-corrected chi connectivity index (χ0v) is 13.8. The van der Waals surface area contributed by atoms with Gasteiger partial charge in [-0.2, -0.15) is 0 Å². The Labute approximate surface area is 131 Å². The van der Waals surface area contributed by atoms with Crippen molar-refractivity contribution < 1.29 is 9.53 Å². The second kappa shape index (κ2) is 8.80. The van der Waals surface area contributed by atoms with Gasteiger partial charge in [0.05, 0.1) is 23.1 Å². The summed E-state index contributed by atoms with van der Waals surface area (Å²) in [6.45, 7) is 1.77. The van der Waals surface area contributed by atoms with E-state index >= 15 is 0 Å². The first-order valence-corrected chi connectivity index (χ1v) is 7.72. The number of rotatable bonds is 7. The zero-order chi connectivity index (χ0) is 14.3. The quantitative estimate of drug-likeness (QED) is 0.690. The van der Waals surface area contributed by atoms with Gasteiger partial charge in [-0.25, -0.2) is 0 Å². The predicted molar refractivity (Wildman–Crippen MR) is 82.4 cm³/mol. The van der Waals surface area contributed by atoms with Crippen molar-refractivity contribution in [1.29, 1.82) is 0 Å². The maximum Gasteiger partial charge on any atom is 0.227 e. The number of ether oxygens (including phenoxy) is 1. The third kappa shape index (κ3) is 5.69. The van der Waals surface area contributed by atoms with E-state index in [0.717, 1.165) is 10.9 Å². The van der Waals surface area contributed by atoms with E-state index in [2.05, 4.69) is 15.9 Å². The van der Waals surface area contributed by atoms with Gasteiger partial charge in [0.1, 0.15) is 0 Å². The zero-order valence-electron chi connectivity index (χ0n) is 10.7. The van der Waals surface area contributed by atoms with Gasteiger partial charge in [0.15, 0.2) is 0 Å². The fourth-order valence-electron chi connectivity index (χ4n) is 1.60. The van der Waals surface area contributed by atoms with Crippen LogP contribution in [-0.2, 0) is 16.0 Å². The van der Waals surface area contributed by atoms with Crippen LogP contribution < -0.4 is 0 Å². The summed E-state index contributed by atoms with van der Waals surface area (Å²) in [6, 6.07) is 5.25. The molecule has 0 aliphatic carbocycles. The van der Waals surface area contributed by atoms with Crippen molar-refractivity contribution in [3.05, 3.63) is 33.8 Å². The van der Waals surface area contributed by atoms with Gasteiger partial charge in [-0.3, -0.25) is 4.79 Å². The van der Waals surface area contributed by atoms with E-state index in [1.54, 1.807) is 24.1 Å². The summed E-state index contributed by atoms with van der Waals surface area (Å²) in [5, 5.41) is 1.70. The molecule has 0 aromatic heterocycles. The number of hydrogen-bond acceptors (Lipinski definition) is 2. The lowest BCUT2D eigenvalue weighted by atomic mass is 10.1. The summed E-state index contributed by atoms with van der Waals surface area (Å²) < 4.78 is 5.01. The number of nitrogens with zero attached hydrogens (tertiary/aromatic N) is 1. The van der Waals surface area contributed by atoms with Crippen LogP contribution in [0.15, 0.2) is 18.2 Å². The first kappa shape index (κ1) is 16.8. The summed E-state index contributed by atoms with van der Waals surface area (Å²) in [7, 11) is 1.62. The van der Waals surface area contributed by atoms with Crippen LogP contribution in [-0.4, -0.2) is 42.9 Å². The van der Waals surface area contributed by atoms with Crippen molar-refractivity contribution in [2.24, 2.45) is 0 Å². The van der Waals surface area contributed by atoms with Gasteiger partial charge in [-0.1, -0.05) is 45.2 Å². The molecule has 19 heavy (non-hydrogen) atoms. The number of alkyl halides is 1. The second-order valence-electron chi connectivity index (χ2n) is 3.99. The molecule has 1 aromatic carbocycles. The van der Waals surface area contributed by atoms with Crippen LogP contribution in [0.25, 0.3) is 0 Å². The fourth-order valence-corrected chi connectivity index (χ4v) is 2.35. The van der Waals surface area contributed by atoms with E-state index in [4.69, 9.17) is 27.9 Å². The molecule has 0 heterocycles. The molecule has 0 spiro atoms. The summed E-state index contributed by atoms with van der Waals surface area (Å²) in [6.07, 6.45) is 0.313. The molecular weight excluding hydrogens is 353 g/mol. The van der Waals surface area contributed by atoms with Crippen LogP contribution in [0.5, 0.6) is 0 Å². The molecule has 0 atom stereocenters. The fraction of sp³-hybridized carbons (Fsp3) is 0.462. The molecule has 6 heteroatoms. The highest BCUT2D eigenvalue weighted by atomic mass is 79.9. The Bertz CT molecular complexity index is 429. The van der Waals surface area contributed by atoms with E-state index in [1.165, 1.54) is 0 Å². The van der Waals surface area contributed by atoms with Gasteiger partial charge in [-0.05, 0) is 17.7 Å². The summed E-state index contributed by atoms with van der Waals surface area (Å²) in [5.74, 6) is 0.0508. The number of hydrogen-bond donors (Lipinski definition) is 0. The Kier molecular flexibility index (Phi) is 7.76. The Morgan fingerprint density at radius 1 is 1.32 bits per heavy atom. The van der Waals surface area contributed by atoms with Crippen molar-refractivity contribution >= 4 is 45.0 Å². The average molecular weight is 369 g/mol. The maximum atomic E-state index is 12.2. The Morgan fingerprint density at radius 3 is 2.63 bits per heavy atom. The lowest BCUT2D eigenvalue weighted by molar-refractivity contribution is -0.130. The first-order valence-electron chi connectivity index (χ1n) is 5.85. The van der Waals surface area contributed by atoms with Crippen LogP contribution in [0, 0.1) is 0 Å². The lowest BCUT2D eigenvalue weighted by Gasteiger charge is -2.21. The Morgan fingerprint density at radius 2 is 2.05 bits per heavy atom. The van der Waals surface area contributed by atoms with Gasteiger partial charge in [0.2, 0.25) is 5.91 Å². The monoisotopic (exact) mass is 367 g/mol. The molecule has 0 radical (unpaired) electrons. The molecule has 0 bridgehead atoms. The van der Waals surface area contributed by atoms with Crippen molar-refractivity contribution in [2.45, 2.75) is 6.42 Å². The minimum Gasteiger partial charge on any atom is -0.383 e. The van der Waals surface area contributed by atoms with Gasteiger partial charge in [0, 0.05) is 25.5 Å². The number of halogens is 3. The van der Waals surface area contributed by atoms with Crippen LogP contribution in [0.3, 0.4) is 0 Å². The van der Waals surface area contributed by atoms with Crippen LogP contribution in [0.2, 0.25) is 10.0 Å². The molecule has 3 nitrogen and oxygen atoms in total. The van der Waals surface area contributed by atoms with Crippen LogP contribution in [0.4, 0.5) is 0 Å². The largest absolute Gasteiger partial charge is 0.383 e. The molecule has 1 aromatic rings. The summed E-state index contributed by atoms with van der Waals surface area (Å²) >= 11 is 15.1. The normalized spacial score (nSPS) is 10.5. The van der Waals surface area contributed by atoms with Gasteiger partial charge >= 0.3 is 0 Å². The minimum atomic E-state index is 0.0508. The van der Waals surface area contributed by atoms with Gasteiger partial charge in [0.25, 0.3) is 0 Å². The molecular formula is C13H16BrCl2NO2. The predicted octanol–water partition coefficient (Wildman–Crippen LogP) is 3.41. The third-order valence-electron chi connectivity index (χ3n) is 2.61. The van der Waals surface area contributed by atoms with E-state index in [-0.39, 0.29) is 5.91 Å². The SMILES string of the molecule is COCCN(CCBr)C(=O)Cc1ccc(Cl)c(Cl)c1. The highest BCUT2D eigenvalue weighted by molar-refractivity contribution is 9.09. The molecule has 0 fully saturated rings. The van der Waals surface area contributed by atoms with Gasteiger partial charge in [-0.15, -0.1) is 0 Å². The molecule has 1 amide bonds. The molecule has 0 saturated carbocycles. The summed E-state index contributed by atoms with van der Waals surface area (Å²) in [4.78, 5) is 13.9. The lowest BCUT2D eigenvalue weighted by Crippen LogP contribution is -2.36. The highest BCUT2D eigenvalue weighted by Gasteiger charge is 2.13. The molecule has 106 valence electrons. The van der Waals surface area contributed by atoms with Crippen molar-refractivity contribution in [3.63, 3.8) is 0 Å². The minimum absolute atomic E-state index is 0.0508. The van der Waals surface area contributed by atoms with Crippen LogP contribution in [0.1, 0.15) is 5.56 Å². The second-order valence-corrected chi connectivity index (χ2v) is 5.60. The maximum absolute atomic E-state index is 12.2. The Balaban J connectivity index is 2.66. The topological polar surface area (TPSA) is 29.5 Å². The van der Waals surface area contributed by atoms with Crippen molar-refractivity contribution in [2.75, 3.05) is 32.1 Å². The van der Waals surface area contributed by atoms with E-state index in [1.807, 2.05) is 6.07 Å². The number of amides is 1. The molecule has 0 saturated heterocycles. The molecule has 0 aliphatic heterocycles. The standard InChI is InChI=1S/C13H16BrCl2NO2/c1-19-7-6-17(5-4-14)13(18)9-10-2-3-11(15)12(16)8-10/h2-3,8H,4-7,9H2,1H3. The number of carbonyl (C=O) groups excluding carboxylic acids is 1. The molecule has 0 unspecified atom stereocenters. The number of benzene rings is 1. The van der Waals surface area contributed by atoms with Crippen molar-refractivity contribution in [3.8, 4) is 0 Å². The number of methoxy groups -OCH3 is 1. The van der Waals surface area contributed by atoms with E-state index in [9.17, 15) is 4.79 Å². The van der Waals surface area contributed by atoms with Crippen LogP contribution >= 0.6 is 39.1 Å². The average Bonchev–Trinajstić information content (AvgIpc) is 2.38. The molecule has 0 N–H and O–H groups in total. The van der Waals surface area contributed by atoms with Gasteiger partial charge < -0.3 is 9.64 Å². The summed E-state index contributed by atoms with van der Waals surface area (Å²) in [5.41, 5.74) is 0.858.